The zero-order valence-electron chi connectivity index (χ0n) is 11.4. The predicted octanol–water partition coefficient (Wildman–Crippen LogP) is 0.930. The largest absolute Gasteiger partial charge is 0.378 e. The van der Waals surface area contributed by atoms with Crippen LogP contribution in [-0.4, -0.2) is 29.7 Å². The smallest absolute Gasteiger partial charge is 0.251 e. The Morgan fingerprint density at radius 2 is 2.37 bits per heavy atom. The molecule has 0 bridgehead atoms. The molecule has 1 fully saturated rings. The van der Waals surface area contributed by atoms with E-state index in [0.29, 0.717) is 18.0 Å². The molecular weight excluding hydrogens is 244 g/mol. The molecule has 1 N–H and O–H groups in total. The number of hydrogen-bond acceptors (Lipinski definition) is 3. The molecular formula is C14H20N2O3. The Balaban J connectivity index is 1.94. The molecule has 2 heterocycles. The van der Waals surface area contributed by atoms with Gasteiger partial charge in [-0.3, -0.25) is 9.59 Å². The van der Waals surface area contributed by atoms with Crippen molar-refractivity contribution in [1.82, 2.24) is 9.88 Å². The van der Waals surface area contributed by atoms with Crippen LogP contribution in [0.15, 0.2) is 23.1 Å². The van der Waals surface area contributed by atoms with Gasteiger partial charge in [0.05, 0.1) is 6.10 Å². The summed E-state index contributed by atoms with van der Waals surface area (Å²) in [4.78, 5) is 23.4. The van der Waals surface area contributed by atoms with Gasteiger partial charge in [-0.25, -0.2) is 0 Å². The van der Waals surface area contributed by atoms with Crippen molar-refractivity contribution in [3.8, 4) is 0 Å². The van der Waals surface area contributed by atoms with Crippen LogP contribution in [0.2, 0.25) is 0 Å². The normalized spacial score (nSPS) is 22.4. The van der Waals surface area contributed by atoms with E-state index in [9.17, 15) is 9.59 Å². The third kappa shape index (κ3) is 3.23. The van der Waals surface area contributed by atoms with Crippen LogP contribution in [0.25, 0.3) is 0 Å². The zero-order chi connectivity index (χ0) is 13.8. The zero-order valence-corrected chi connectivity index (χ0v) is 11.4. The van der Waals surface area contributed by atoms with Crippen LogP contribution in [0.5, 0.6) is 0 Å². The highest BCUT2D eigenvalue weighted by Gasteiger charge is 2.26. The summed E-state index contributed by atoms with van der Waals surface area (Å²) < 4.78 is 7.02. The van der Waals surface area contributed by atoms with Gasteiger partial charge in [0.25, 0.3) is 11.5 Å². The van der Waals surface area contributed by atoms with E-state index in [2.05, 4.69) is 12.2 Å². The SMILES string of the molecule is CCC1OCCC1CNC(=O)c1ccn(C)c(=O)c1. The van der Waals surface area contributed by atoms with Crippen molar-refractivity contribution in [1.29, 1.82) is 0 Å². The van der Waals surface area contributed by atoms with Gasteiger partial charge in [0.1, 0.15) is 0 Å². The van der Waals surface area contributed by atoms with Crippen LogP contribution in [-0.2, 0) is 11.8 Å². The van der Waals surface area contributed by atoms with Gasteiger partial charge in [-0.05, 0) is 18.9 Å². The van der Waals surface area contributed by atoms with E-state index in [0.717, 1.165) is 19.4 Å². The third-order valence-corrected chi connectivity index (χ3v) is 3.64. The molecule has 2 atom stereocenters. The molecule has 1 aromatic rings. The summed E-state index contributed by atoms with van der Waals surface area (Å²) in [6.45, 7) is 3.46. The van der Waals surface area contributed by atoms with Crippen LogP contribution in [0.1, 0.15) is 30.1 Å². The Hall–Kier alpha value is -1.62. The fourth-order valence-corrected chi connectivity index (χ4v) is 2.39. The minimum Gasteiger partial charge on any atom is -0.378 e. The molecule has 5 nitrogen and oxygen atoms in total. The Morgan fingerprint density at radius 1 is 1.58 bits per heavy atom. The summed E-state index contributed by atoms with van der Waals surface area (Å²) in [6, 6.07) is 3.01. The maximum Gasteiger partial charge on any atom is 0.251 e. The Bertz CT molecular complexity index is 510. The highest BCUT2D eigenvalue weighted by molar-refractivity contribution is 5.93. The number of carbonyl (C=O) groups is 1. The van der Waals surface area contributed by atoms with E-state index >= 15 is 0 Å². The second-order valence-corrected chi connectivity index (χ2v) is 4.94. The lowest BCUT2D eigenvalue weighted by Gasteiger charge is -2.17. The van der Waals surface area contributed by atoms with Crippen molar-refractivity contribution in [2.24, 2.45) is 13.0 Å². The van der Waals surface area contributed by atoms with Crippen molar-refractivity contribution < 1.29 is 9.53 Å². The van der Waals surface area contributed by atoms with E-state index in [1.54, 1.807) is 19.3 Å². The van der Waals surface area contributed by atoms with Gasteiger partial charge in [-0.1, -0.05) is 6.92 Å². The summed E-state index contributed by atoms with van der Waals surface area (Å²) in [5, 5.41) is 2.88. The third-order valence-electron chi connectivity index (χ3n) is 3.64. The number of rotatable bonds is 4. The van der Waals surface area contributed by atoms with E-state index < -0.39 is 0 Å². The number of pyridine rings is 1. The molecule has 1 aliphatic rings. The Kier molecular flexibility index (Phi) is 4.37. The molecule has 1 amide bonds. The van der Waals surface area contributed by atoms with Gasteiger partial charge in [0.2, 0.25) is 0 Å². The number of carbonyl (C=O) groups excluding carboxylic acids is 1. The van der Waals surface area contributed by atoms with E-state index in [1.807, 2.05) is 0 Å². The molecule has 0 radical (unpaired) electrons. The number of aryl methyl sites for hydroxylation is 1. The molecule has 2 rings (SSSR count). The van der Waals surface area contributed by atoms with Gasteiger partial charge in [-0.15, -0.1) is 0 Å². The van der Waals surface area contributed by atoms with E-state index in [-0.39, 0.29) is 17.6 Å². The highest BCUT2D eigenvalue weighted by Crippen LogP contribution is 2.22. The fourth-order valence-electron chi connectivity index (χ4n) is 2.39. The molecule has 1 aromatic heterocycles. The van der Waals surface area contributed by atoms with Gasteiger partial charge < -0.3 is 14.6 Å². The average Bonchev–Trinajstić information content (AvgIpc) is 2.86. The monoisotopic (exact) mass is 264 g/mol. The number of nitrogens with one attached hydrogen (secondary N) is 1. The van der Waals surface area contributed by atoms with Crippen molar-refractivity contribution in [2.45, 2.75) is 25.9 Å². The van der Waals surface area contributed by atoms with Gasteiger partial charge in [0.15, 0.2) is 0 Å². The summed E-state index contributed by atoms with van der Waals surface area (Å²) in [6.07, 6.45) is 3.79. The summed E-state index contributed by atoms with van der Waals surface area (Å²) in [5.74, 6) is 0.181. The minimum atomic E-state index is -0.195. The summed E-state index contributed by atoms with van der Waals surface area (Å²) in [7, 11) is 1.66. The topological polar surface area (TPSA) is 60.3 Å². The minimum absolute atomic E-state index is 0.178. The van der Waals surface area contributed by atoms with Crippen LogP contribution < -0.4 is 10.9 Å². The first-order valence-electron chi connectivity index (χ1n) is 6.68. The molecule has 0 saturated carbocycles. The molecule has 104 valence electrons. The van der Waals surface area contributed by atoms with Gasteiger partial charge in [0, 0.05) is 43.9 Å². The van der Waals surface area contributed by atoms with Crippen LogP contribution >= 0.6 is 0 Å². The molecule has 5 heteroatoms. The molecule has 2 unspecified atom stereocenters. The van der Waals surface area contributed by atoms with Gasteiger partial charge >= 0.3 is 0 Å². The lowest BCUT2D eigenvalue weighted by atomic mass is 9.99. The van der Waals surface area contributed by atoms with Crippen molar-refractivity contribution in [3.05, 3.63) is 34.2 Å². The number of amides is 1. The van der Waals surface area contributed by atoms with E-state index in [4.69, 9.17) is 4.74 Å². The number of ether oxygens (including phenoxy) is 1. The van der Waals surface area contributed by atoms with Gasteiger partial charge in [-0.2, -0.15) is 0 Å². The van der Waals surface area contributed by atoms with Crippen LogP contribution in [0.3, 0.4) is 0 Å². The number of hydrogen-bond donors (Lipinski definition) is 1. The molecule has 0 aromatic carbocycles. The average molecular weight is 264 g/mol. The molecule has 1 aliphatic heterocycles. The first-order valence-corrected chi connectivity index (χ1v) is 6.68. The fraction of sp³-hybridized carbons (Fsp3) is 0.571. The lowest BCUT2D eigenvalue weighted by molar-refractivity contribution is 0.0827. The number of nitrogens with zero attached hydrogens (tertiary/aromatic N) is 1. The Labute approximate surface area is 112 Å². The molecule has 1 saturated heterocycles. The quantitative estimate of drug-likeness (QED) is 0.880. The maximum atomic E-state index is 12.0. The molecule has 0 aliphatic carbocycles. The number of aromatic nitrogens is 1. The maximum absolute atomic E-state index is 12.0. The first kappa shape index (κ1) is 13.8. The second-order valence-electron chi connectivity index (χ2n) is 4.94. The standard InChI is InChI=1S/C14H20N2O3/c1-3-12-11(5-7-19-12)9-15-14(18)10-4-6-16(2)13(17)8-10/h4,6,8,11-12H,3,5,7,9H2,1-2H3,(H,15,18). The highest BCUT2D eigenvalue weighted by atomic mass is 16.5. The lowest BCUT2D eigenvalue weighted by Crippen LogP contribution is -2.33. The van der Waals surface area contributed by atoms with Crippen molar-refractivity contribution >= 4 is 5.91 Å². The Morgan fingerprint density at radius 3 is 3.05 bits per heavy atom. The van der Waals surface area contributed by atoms with Crippen LogP contribution in [0.4, 0.5) is 0 Å². The first-order chi connectivity index (χ1) is 9.11. The molecule has 0 spiro atoms. The van der Waals surface area contributed by atoms with Crippen molar-refractivity contribution in [2.75, 3.05) is 13.2 Å². The van der Waals surface area contributed by atoms with Crippen molar-refractivity contribution in [3.63, 3.8) is 0 Å². The predicted molar refractivity (Wildman–Crippen MR) is 72.2 cm³/mol. The van der Waals surface area contributed by atoms with Crippen LogP contribution in [0, 0.1) is 5.92 Å². The van der Waals surface area contributed by atoms with E-state index in [1.165, 1.54) is 10.6 Å². The summed E-state index contributed by atoms with van der Waals surface area (Å²) >= 11 is 0. The second kappa shape index (κ2) is 6.02. The summed E-state index contributed by atoms with van der Waals surface area (Å²) in [5.41, 5.74) is 0.235. The molecule has 19 heavy (non-hydrogen) atoms.